The molecule has 0 saturated carbocycles. The quantitative estimate of drug-likeness (QED) is 0.549. The first-order valence-corrected chi connectivity index (χ1v) is 10.9. The SMILES string of the molecule is COC[C@]12CO[C@@H](C1OP(C)(O)=S)[C@H](n1cnc3c(=O)[nH]c(N)nc31)O2. The van der Waals surface area contributed by atoms with E-state index >= 15 is 0 Å². The minimum Gasteiger partial charge on any atom is -0.381 e. The third-order valence-electron chi connectivity index (χ3n) is 4.40. The predicted molar refractivity (Wildman–Crippen MR) is 94.3 cm³/mol. The van der Waals surface area contributed by atoms with Crippen molar-refractivity contribution in [2.45, 2.75) is 24.0 Å². The minimum absolute atomic E-state index is 0.0350. The summed E-state index contributed by atoms with van der Waals surface area (Å²) in [5, 5.41) is 0. The van der Waals surface area contributed by atoms with Crippen molar-refractivity contribution in [3.63, 3.8) is 0 Å². The number of aromatic amines is 1. The fourth-order valence-corrected chi connectivity index (χ4v) is 4.47. The molecule has 0 radical (unpaired) electrons. The molecule has 0 amide bonds. The second-order valence-corrected chi connectivity index (χ2v) is 10.2. The lowest BCUT2D eigenvalue weighted by Crippen LogP contribution is -2.45. The van der Waals surface area contributed by atoms with Crippen molar-refractivity contribution in [3.8, 4) is 0 Å². The topological polar surface area (TPSA) is 147 Å². The van der Waals surface area contributed by atoms with Gasteiger partial charge in [-0.3, -0.25) is 14.3 Å². The van der Waals surface area contributed by atoms with Crippen molar-refractivity contribution in [1.29, 1.82) is 0 Å². The summed E-state index contributed by atoms with van der Waals surface area (Å²) in [6.07, 6.45) is -0.479. The summed E-state index contributed by atoms with van der Waals surface area (Å²) < 4.78 is 24.6. The number of H-pyrrole nitrogens is 1. The maximum atomic E-state index is 12.0. The molecule has 0 aliphatic carbocycles. The summed E-state index contributed by atoms with van der Waals surface area (Å²) >= 11 is 5.04. The van der Waals surface area contributed by atoms with E-state index in [-0.39, 0.29) is 30.3 Å². The first-order valence-electron chi connectivity index (χ1n) is 7.73. The van der Waals surface area contributed by atoms with E-state index < -0.39 is 36.1 Å². The lowest BCUT2D eigenvalue weighted by molar-refractivity contribution is -0.188. The van der Waals surface area contributed by atoms with Crippen molar-refractivity contribution in [3.05, 3.63) is 16.7 Å². The summed E-state index contributed by atoms with van der Waals surface area (Å²) in [5.41, 5.74) is 4.65. The number of ether oxygens (including phenoxy) is 3. The molecule has 2 aliphatic heterocycles. The van der Waals surface area contributed by atoms with Crippen LogP contribution in [0, 0.1) is 0 Å². The number of imidazole rings is 1. The van der Waals surface area contributed by atoms with Crippen molar-refractivity contribution in [2.24, 2.45) is 0 Å². The van der Waals surface area contributed by atoms with Gasteiger partial charge >= 0.3 is 0 Å². The third-order valence-corrected chi connectivity index (χ3v) is 5.27. The highest BCUT2D eigenvalue weighted by molar-refractivity contribution is 8.09. The van der Waals surface area contributed by atoms with Crippen LogP contribution in [-0.2, 0) is 30.5 Å². The minimum atomic E-state index is -2.98. The number of fused-ring (bicyclic) bond motifs is 3. The Balaban J connectivity index is 1.78. The molecule has 142 valence electrons. The van der Waals surface area contributed by atoms with Crippen LogP contribution in [0.25, 0.3) is 11.2 Å². The van der Waals surface area contributed by atoms with Crippen LogP contribution in [-0.4, -0.2) is 69.2 Å². The van der Waals surface area contributed by atoms with Gasteiger partial charge in [-0.1, -0.05) is 0 Å². The number of rotatable bonds is 5. The van der Waals surface area contributed by atoms with E-state index in [0.29, 0.717) is 0 Å². The van der Waals surface area contributed by atoms with E-state index in [1.807, 2.05) is 0 Å². The Bertz CT molecular complexity index is 958. The van der Waals surface area contributed by atoms with Crippen molar-refractivity contribution >= 4 is 35.4 Å². The Kier molecular flexibility index (Phi) is 4.19. The average molecular weight is 403 g/mol. The van der Waals surface area contributed by atoms with Crippen LogP contribution in [0.4, 0.5) is 5.95 Å². The first kappa shape index (κ1) is 18.0. The third kappa shape index (κ3) is 2.78. The number of aromatic nitrogens is 4. The summed E-state index contributed by atoms with van der Waals surface area (Å²) in [6, 6.07) is 0. The number of methoxy groups -OCH3 is 1. The fraction of sp³-hybridized carbons (Fsp3) is 0.615. The molecule has 2 aromatic heterocycles. The molecule has 5 atom stereocenters. The van der Waals surface area contributed by atoms with Gasteiger partial charge in [-0.15, -0.1) is 0 Å². The van der Waals surface area contributed by atoms with Crippen LogP contribution in [0.3, 0.4) is 0 Å². The smallest absolute Gasteiger partial charge is 0.280 e. The highest BCUT2D eigenvalue weighted by Gasteiger charge is 2.64. The van der Waals surface area contributed by atoms with Gasteiger partial charge < -0.3 is 29.4 Å². The molecule has 2 unspecified atom stereocenters. The van der Waals surface area contributed by atoms with Gasteiger partial charge in [0, 0.05) is 13.8 Å². The number of anilines is 1. The van der Waals surface area contributed by atoms with Crippen molar-refractivity contribution in [2.75, 3.05) is 32.7 Å². The van der Waals surface area contributed by atoms with Crippen LogP contribution in [0.15, 0.2) is 11.1 Å². The molecule has 2 aromatic rings. The largest absolute Gasteiger partial charge is 0.381 e. The molecule has 4 rings (SSSR count). The van der Waals surface area contributed by atoms with Gasteiger partial charge in [-0.05, 0) is 11.8 Å². The average Bonchev–Trinajstić information content (AvgIpc) is 3.16. The second kappa shape index (κ2) is 6.06. The van der Waals surface area contributed by atoms with E-state index in [9.17, 15) is 9.69 Å². The Morgan fingerprint density at radius 1 is 1.65 bits per heavy atom. The summed E-state index contributed by atoms with van der Waals surface area (Å²) in [6.45, 7) is -1.11. The molecule has 4 N–H and O–H groups in total. The zero-order valence-electron chi connectivity index (χ0n) is 14.0. The van der Waals surface area contributed by atoms with Gasteiger partial charge in [-0.25, -0.2) is 4.98 Å². The van der Waals surface area contributed by atoms with Crippen LogP contribution in [0.5, 0.6) is 0 Å². The van der Waals surface area contributed by atoms with Gasteiger partial charge in [0.2, 0.25) is 5.95 Å². The molecule has 26 heavy (non-hydrogen) atoms. The van der Waals surface area contributed by atoms with E-state index in [1.165, 1.54) is 20.1 Å². The number of nitrogens with one attached hydrogen (secondary N) is 1. The van der Waals surface area contributed by atoms with Crippen LogP contribution >= 0.6 is 6.49 Å². The van der Waals surface area contributed by atoms with Crippen LogP contribution < -0.4 is 11.3 Å². The van der Waals surface area contributed by atoms with Crippen molar-refractivity contribution in [1.82, 2.24) is 19.5 Å². The normalized spacial score (nSPS) is 33.0. The molecule has 13 heteroatoms. The highest BCUT2D eigenvalue weighted by Crippen LogP contribution is 2.53. The predicted octanol–water partition coefficient (Wildman–Crippen LogP) is -0.669. The Morgan fingerprint density at radius 2 is 2.42 bits per heavy atom. The monoisotopic (exact) mass is 403 g/mol. The molecule has 0 spiro atoms. The zero-order valence-corrected chi connectivity index (χ0v) is 15.7. The first-order chi connectivity index (χ1) is 12.2. The lowest BCUT2D eigenvalue weighted by Gasteiger charge is -2.31. The van der Waals surface area contributed by atoms with Gasteiger partial charge in [0.05, 0.1) is 19.5 Å². The zero-order chi connectivity index (χ0) is 18.7. The van der Waals surface area contributed by atoms with Gasteiger partial charge in [0.25, 0.3) is 5.56 Å². The maximum absolute atomic E-state index is 12.0. The number of nitrogens with two attached hydrogens (primary N) is 1. The van der Waals surface area contributed by atoms with E-state index in [2.05, 4.69) is 15.0 Å². The highest BCUT2D eigenvalue weighted by atomic mass is 32.5. The molecule has 4 heterocycles. The standard InChI is InChI=1S/C13H18N5O6PS/c1-21-3-13-4-22-7(8(13)24-25(2,20)26)11(23-13)18-5-15-6-9(18)16-12(14)17-10(6)19/h5,7-8,11H,3-4H2,1-2H3,(H,20,26)(H3,14,16,17,19)/t7-,8?,11+,13-,25?/m0/s1. The summed E-state index contributed by atoms with van der Waals surface area (Å²) in [7, 11) is 1.53. The maximum Gasteiger partial charge on any atom is 0.280 e. The Hall–Kier alpha value is -1.40. The molecule has 2 saturated heterocycles. The van der Waals surface area contributed by atoms with E-state index in [0.717, 1.165) is 0 Å². The van der Waals surface area contributed by atoms with E-state index in [1.54, 1.807) is 4.57 Å². The number of hydrogen-bond acceptors (Lipinski definition) is 9. The molecule has 2 fully saturated rings. The molecule has 0 aromatic carbocycles. The van der Waals surface area contributed by atoms with Crippen molar-refractivity contribution < 1.29 is 23.6 Å². The molecule has 2 aliphatic rings. The fourth-order valence-electron chi connectivity index (χ4n) is 3.46. The van der Waals surface area contributed by atoms with Gasteiger partial charge in [-0.2, -0.15) is 4.98 Å². The van der Waals surface area contributed by atoms with Gasteiger partial charge in [0.1, 0.15) is 17.8 Å². The number of hydrogen-bond donors (Lipinski definition) is 3. The van der Waals surface area contributed by atoms with Crippen LogP contribution in [0.2, 0.25) is 0 Å². The Morgan fingerprint density at radius 3 is 3.12 bits per heavy atom. The lowest BCUT2D eigenvalue weighted by atomic mass is 10.0. The number of nitrogen functional groups attached to an aromatic ring is 1. The number of nitrogens with zero attached hydrogens (tertiary/aromatic N) is 3. The molecular weight excluding hydrogens is 385 g/mol. The molecule has 11 nitrogen and oxygen atoms in total. The summed E-state index contributed by atoms with van der Waals surface area (Å²) in [4.78, 5) is 32.7. The summed E-state index contributed by atoms with van der Waals surface area (Å²) in [5.74, 6) is -0.0350. The second-order valence-electron chi connectivity index (χ2n) is 6.39. The Labute approximate surface area is 152 Å². The van der Waals surface area contributed by atoms with Crippen LogP contribution in [0.1, 0.15) is 6.23 Å². The van der Waals surface area contributed by atoms with E-state index in [4.69, 9.17) is 36.3 Å². The molecular formula is C13H18N5O6PS. The van der Waals surface area contributed by atoms with Gasteiger partial charge in [0.15, 0.2) is 23.9 Å². The molecule has 2 bridgehead atoms.